The monoisotopic (exact) mass is 939 g/mol. The molecule has 0 spiro atoms. The van der Waals surface area contributed by atoms with Crippen molar-refractivity contribution in [3.8, 4) is 0 Å². The van der Waals surface area contributed by atoms with E-state index in [-0.39, 0.29) is 0 Å². The minimum absolute atomic E-state index is 0.829. The lowest BCUT2D eigenvalue weighted by atomic mass is 10.0. The van der Waals surface area contributed by atoms with Crippen molar-refractivity contribution in [3.05, 3.63) is 36.5 Å². The van der Waals surface area contributed by atoms with E-state index in [4.69, 9.17) is 10.2 Å². The molecule has 4 nitrogen and oxygen atoms in total. The summed E-state index contributed by atoms with van der Waals surface area (Å²) in [6, 6.07) is 0. The highest BCUT2D eigenvalue weighted by molar-refractivity contribution is 5.79. The number of unbranched alkanes of at least 4 members (excludes halogenated alkanes) is 53. The maximum absolute atomic E-state index is 10.4. The van der Waals surface area contributed by atoms with Gasteiger partial charge in [-0.2, -0.15) is 0 Å². The lowest BCUT2D eigenvalue weighted by Gasteiger charge is -2.05. The van der Waals surface area contributed by atoms with E-state index in [1.165, 1.54) is 340 Å². The van der Waals surface area contributed by atoms with Gasteiger partial charge in [0, 0.05) is 12.2 Å². The normalized spacial score (nSPS) is 11.9. The second-order valence-electron chi connectivity index (χ2n) is 21.1. The van der Waals surface area contributed by atoms with Gasteiger partial charge in [-0.25, -0.2) is 9.59 Å². The summed E-state index contributed by atoms with van der Waals surface area (Å²) in [6.45, 7) is 0. The highest BCUT2D eigenvalue weighted by atomic mass is 16.4. The molecule has 394 valence electrons. The summed E-state index contributed by atoms with van der Waals surface area (Å²) in [7, 11) is 0. The Hall–Kier alpha value is -1.84. The van der Waals surface area contributed by atoms with Crippen LogP contribution >= 0.6 is 0 Å². The summed E-state index contributed by atoms with van der Waals surface area (Å²) in [5.41, 5.74) is 0. The molecule has 0 rings (SSSR count). The molecule has 0 unspecified atom stereocenters. The van der Waals surface area contributed by atoms with Gasteiger partial charge in [-0.05, 0) is 51.4 Å². The first-order chi connectivity index (χ1) is 33.1. The van der Waals surface area contributed by atoms with Crippen LogP contribution in [0, 0.1) is 0 Å². The van der Waals surface area contributed by atoms with Crippen molar-refractivity contribution in [1.29, 1.82) is 0 Å². The van der Waals surface area contributed by atoms with Crippen molar-refractivity contribution < 1.29 is 19.8 Å². The molecule has 0 heterocycles. The van der Waals surface area contributed by atoms with Gasteiger partial charge in [0.25, 0.3) is 0 Å². The van der Waals surface area contributed by atoms with Crippen LogP contribution in [0.4, 0.5) is 0 Å². The number of hydrogen-bond acceptors (Lipinski definition) is 2. The molecule has 0 aliphatic heterocycles. The first-order valence-corrected chi connectivity index (χ1v) is 30.6. The lowest BCUT2D eigenvalue weighted by Crippen LogP contribution is -1.86. The largest absolute Gasteiger partial charge is 0.478 e. The molecule has 0 aliphatic rings. The molecular weight excluding hydrogens is 821 g/mol. The van der Waals surface area contributed by atoms with Gasteiger partial charge in [0.2, 0.25) is 0 Å². The van der Waals surface area contributed by atoms with E-state index in [9.17, 15) is 9.59 Å². The van der Waals surface area contributed by atoms with Crippen LogP contribution in [-0.2, 0) is 9.59 Å². The third-order valence-electron chi connectivity index (χ3n) is 14.4. The first-order valence-electron chi connectivity index (χ1n) is 30.6. The van der Waals surface area contributed by atoms with Crippen LogP contribution in [-0.4, -0.2) is 22.2 Å². The Labute approximate surface area is 419 Å². The van der Waals surface area contributed by atoms with Crippen LogP contribution in [0.15, 0.2) is 36.5 Å². The van der Waals surface area contributed by atoms with E-state index in [2.05, 4.69) is 12.2 Å². The molecule has 67 heavy (non-hydrogen) atoms. The van der Waals surface area contributed by atoms with Crippen LogP contribution in [0.5, 0.6) is 0 Å². The zero-order valence-corrected chi connectivity index (χ0v) is 45.1. The maximum atomic E-state index is 10.4. The Kier molecular flexibility index (Phi) is 58.6. The van der Waals surface area contributed by atoms with Crippen molar-refractivity contribution in [2.45, 2.75) is 353 Å². The van der Waals surface area contributed by atoms with Gasteiger partial charge in [-0.15, -0.1) is 0 Å². The molecule has 0 bridgehead atoms. The Balaban J connectivity index is 3.11. The Morgan fingerprint density at radius 1 is 0.179 bits per heavy atom. The highest BCUT2D eigenvalue weighted by Crippen LogP contribution is 2.19. The predicted octanol–water partition coefficient (Wildman–Crippen LogP) is 22.3. The fraction of sp³-hybridized carbons (Fsp3) is 0.873. The van der Waals surface area contributed by atoms with Crippen molar-refractivity contribution >= 4 is 11.9 Å². The molecule has 0 saturated carbocycles. The molecule has 0 aromatic heterocycles. The Bertz CT molecular complexity index is 1040. The third kappa shape index (κ3) is 64.2. The van der Waals surface area contributed by atoms with Crippen molar-refractivity contribution in [2.75, 3.05) is 0 Å². The lowest BCUT2D eigenvalue weighted by molar-refractivity contribution is -0.132. The second-order valence-corrected chi connectivity index (χ2v) is 21.1. The van der Waals surface area contributed by atoms with E-state index < -0.39 is 11.9 Å². The number of rotatable bonds is 59. The minimum atomic E-state index is -0.837. The average molecular weight is 940 g/mol. The fourth-order valence-electron chi connectivity index (χ4n) is 9.96. The highest BCUT2D eigenvalue weighted by Gasteiger charge is 2.00. The summed E-state index contributed by atoms with van der Waals surface area (Å²) >= 11 is 0. The molecule has 0 fully saturated rings. The van der Waals surface area contributed by atoms with E-state index in [0.717, 1.165) is 25.7 Å². The standard InChI is InChI=1S/C63H118O4/c64-62(65)60-58-56-54-52-50-48-46-44-42-40-38-36-34-32-30-28-26-24-22-20-18-16-14-12-10-8-6-4-2-1-3-5-7-9-11-13-15-17-19-21-23-25-27-29-31-33-35-37-39-41-43-45-47-49-51-53-55-57-59-61-63(66)67/h42,44,58-61H,1-41,43,45-57H2,(H,64,65)(H,66,67). The summed E-state index contributed by atoms with van der Waals surface area (Å²) in [4.78, 5) is 20.9. The molecule has 0 saturated heterocycles. The van der Waals surface area contributed by atoms with Crippen molar-refractivity contribution in [3.63, 3.8) is 0 Å². The molecule has 4 heteroatoms. The van der Waals surface area contributed by atoms with Gasteiger partial charge >= 0.3 is 11.9 Å². The zero-order chi connectivity index (χ0) is 48.3. The van der Waals surface area contributed by atoms with Crippen LogP contribution in [0.1, 0.15) is 353 Å². The fourth-order valence-corrected chi connectivity index (χ4v) is 9.96. The van der Waals surface area contributed by atoms with Gasteiger partial charge in [0.05, 0.1) is 0 Å². The number of aliphatic carboxylic acids is 2. The summed E-state index contributed by atoms with van der Waals surface area (Å²) < 4.78 is 0. The van der Waals surface area contributed by atoms with E-state index >= 15 is 0 Å². The van der Waals surface area contributed by atoms with Gasteiger partial charge in [-0.3, -0.25) is 0 Å². The minimum Gasteiger partial charge on any atom is -0.478 e. The number of allylic oxidation sites excluding steroid dienone is 4. The average Bonchev–Trinajstić information content (AvgIpc) is 3.31. The van der Waals surface area contributed by atoms with Crippen LogP contribution in [0.3, 0.4) is 0 Å². The maximum Gasteiger partial charge on any atom is 0.327 e. The van der Waals surface area contributed by atoms with Crippen LogP contribution in [0.2, 0.25) is 0 Å². The van der Waals surface area contributed by atoms with Crippen molar-refractivity contribution in [2.24, 2.45) is 0 Å². The molecule has 0 aliphatic carbocycles. The van der Waals surface area contributed by atoms with Gasteiger partial charge in [-0.1, -0.05) is 326 Å². The smallest absolute Gasteiger partial charge is 0.327 e. The molecule has 2 N–H and O–H groups in total. The molecular formula is C63H118O4. The summed E-state index contributed by atoms with van der Waals surface area (Å²) in [5.74, 6) is -1.67. The Morgan fingerprint density at radius 2 is 0.284 bits per heavy atom. The van der Waals surface area contributed by atoms with E-state index in [1.807, 2.05) is 0 Å². The number of carbonyl (C=O) groups is 2. The zero-order valence-electron chi connectivity index (χ0n) is 45.1. The third-order valence-corrected chi connectivity index (χ3v) is 14.4. The Morgan fingerprint density at radius 3 is 0.403 bits per heavy atom. The molecule has 0 radical (unpaired) electrons. The van der Waals surface area contributed by atoms with E-state index in [0.29, 0.717) is 0 Å². The summed E-state index contributed by atoms with van der Waals surface area (Å²) in [5, 5.41) is 17.2. The van der Waals surface area contributed by atoms with Gasteiger partial charge < -0.3 is 10.2 Å². The quantitative estimate of drug-likeness (QED) is 0.0362. The van der Waals surface area contributed by atoms with Crippen LogP contribution < -0.4 is 0 Å². The first kappa shape index (κ1) is 65.2. The molecule has 0 amide bonds. The molecule has 0 aromatic rings. The second kappa shape index (κ2) is 60.3. The number of carboxylic acids is 2. The number of hydrogen-bond donors (Lipinski definition) is 2. The molecule has 0 atom stereocenters. The van der Waals surface area contributed by atoms with Gasteiger partial charge in [0.15, 0.2) is 0 Å². The van der Waals surface area contributed by atoms with Crippen molar-refractivity contribution in [1.82, 2.24) is 0 Å². The van der Waals surface area contributed by atoms with Gasteiger partial charge in [0.1, 0.15) is 0 Å². The summed E-state index contributed by atoms with van der Waals surface area (Å²) in [6.07, 6.45) is 87.4. The topological polar surface area (TPSA) is 74.6 Å². The predicted molar refractivity (Wildman–Crippen MR) is 297 cm³/mol. The van der Waals surface area contributed by atoms with E-state index in [1.54, 1.807) is 12.2 Å². The van der Waals surface area contributed by atoms with Crippen LogP contribution in [0.25, 0.3) is 0 Å². The SMILES string of the molecule is O=C(O)C=CCCCCCCC=CCCCCCCCCCCCCCCCCCCCCCCCCCCCCCCCCCCCCCCCCCCCCCCCCCC=CC(=O)O. The number of carboxylic acid groups (broad SMARTS) is 2. The molecule has 0 aromatic carbocycles.